The molecule has 1 heterocycles. The number of esters is 1. The molecule has 0 bridgehead atoms. The van der Waals surface area contributed by atoms with Crippen molar-refractivity contribution >= 4 is 17.7 Å². The summed E-state index contributed by atoms with van der Waals surface area (Å²) >= 11 is 1.96. The van der Waals surface area contributed by atoms with E-state index in [1.807, 2.05) is 11.8 Å². The van der Waals surface area contributed by atoms with E-state index in [2.05, 4.69) is 36.3 Å². The van der Waals surface area contributed by atoms with Crippen molar-refractivity contribution in [2.75, 3.05) is 13.2 Å². The second-order valence-electron chi connectivity index (χ2n) is 9.72. The van der Waals surface area contributed by atoms with Gasteiger partial charge in [-0.3, -0.25) is 0 Å². The number of hydrogen-bond acceptors (Lipinski definition) is 5. The van der Waals surface area contributed by atoms with Gasteiger partial charge in [0.1, 0.15) is 0 Å². The van der Waals surface area contributed by atoms with Gasteiger partial charge < -0.3 is 9.47 Å². The van der Waals surface area contributed by atoms with E-state index in [0.717, 1.165) is 90.1 Å². The fraction of sp³-hybridized carbons (Fsp3) is 0.724. The SMILES string of the molecule is C=CC(=O)OCCCCCOC1CCC(C#CC2CCC(C#CC3CCC(C#N)CC3)S2)CC1. The van der Waals surface area contributed by atoms with Crippen molar-refractivity contribution in [3.8, 4) is 29.8 Å². The highest BCUT2D eigenvalue weighted by Gasteiger charge is 2.25. The van der Waals surface area contributed by atoms with Gasteiger partial charge in [0.05, 0.1) is 29.3 Å². The molecule has 0 spiro atoms. The Kier molecular flexibility index (Phi) is 11.9. The predicted molar refractivity (Wildman–Crippen MR) is 138 cm³/mol. The molecule has 4 nitrogen and oxygen atoms in total. The zero-order valence-electron chi connectivity index (χ0n) is 20.4. The van der Waals surface area contributed by atoms with Gasteiger partial charge in [0.25, 0.3) is 0 Å². The molecule has 0 aromatic carbocycles. The molecule has 2 unspecified atom stereocenters. The van der Waals surface area contributed by atoms with Crippen LogP contribution < -0.4 is 0 Å². The lowest BCUT2D eigenvalue weighted by Crippen LogP contribution is -2.21. The number of unbranched alkanes of at least 4 members (excludes halogenated alkanes) is 2. The van der Waals surface area contributed by atoms with Crippen LogP contribution in [-0.2, 0) is 14.3 Å². The van der Waals surface area contributed by atoms with Crippen LogP contribution in [0.1, 0.15) is 83.5 Å². The average molecular weight is 482 g/mol. The van der Waals surface area contributed by atoms with E-state index >= 15 is 0 Å². The minimum absolute atomic E-state index is 0.257. The van der Waals surface area contributed by atoms with E-state index in [1.54, 1.807) is 0 Å². The smallest absolute Gasteiger partial charge is 0.330 e. The molecule has 34 heavy (non-hydrogen) atoms. The Bertz CT molecular complexity index is 810. The van der Waals surface area contributed by atoms with Crippen LogP contribution in [0.4, 0.5) is 0 Å². The number of nitrogens with zero attached hydrogens (tertiary/aromatic N) is 1. The Hall–Kier alpha value is -1.87. The van der Waals surface area contributed by atoms with E-state index in [4.69, 9.17) is 14.7 Å². The normalized spacial score (nSPS) is 30.7. The maximum atomic E-state index is 11.0. The van der Waals surface area contributed by atoms with Crippen molar-refractivity contribution in [1.82, 2.24) is 0 Å². The van der Waals surface area contributed by atoms with Gasteiger partial charge in [-0.15, -0.1) is 11.8 Å². The molecule has 2 saturated carbocycles. The summed E-state index contributed by atoms with van der Waals surface area (Å²) in [4.78, 5) is 11.0. The summed E-state index contributed by atoms with van der Waals surface area (Å²) in [7, 11) is 0. The van der Waals surface area contributed by atoms with Gasteiger partial charge in [0, 0.05) is 30.4 Å². The first kappa shape index (κ1) is 26.7. The first-order valence-corrected chi connectivity index (χ1v) is 14.1. The Labute approximate surface area is 210 Å². The molecule has 0 amide bonds. The number of nitriles is 1. The topological polar surface area (TPSA) is 59.3 Å². The van der Waals surface area contributed by atoms with E-state index in [-0.39, 0.29) is 11.9 Å². The molecule has 0 radical (unpaired) electrons. The van der Waals surface area contributed by atoms with Gasteiger partial charge in [-0.05, 0) is 83.5 Å². The molecular formula is C29H39NO3S. The number of thioether (sulfide) groups is 1. The van der Waals surface area contributed by atoms with Gasteiger partial charge in [-0.25, -0.2) is 4.79 Å². The number of rotatable bonds is 8. The Morgan fingerprint density at radius 2 is 1.35 bits per heavy atom. The third-order valence-electron chi connectivity index (χ3n) is 7.05. The molecule has 5 heteroatoms. The largest absolute Gasteiger partial charge is 0.463 e. The molecule has 2 atom stereocenters. The first-order valence-electron chi connectivity index (χ1n) is 13.1. The standard InChI is InChI=1S/C29H39NO3S/c1-2-29(31)33-21-5-3-4-20-32-26-14-10-24(11-15-26)13-17-28-19-18-27(34-28)16-12-23-6-8-25(22-30)9-7-23/h2,23-28H,1,3-11,14-15,18-21H2. The summed E-state index contributed by atoms with van der Waals surface area (Å²) in [5.74, 6) is 15.1. The van der Waals surface area contributed by atoms with Crippen LogP contribution in [0.3, 0.4) is 0 Å². The van der Waals surface area contributed by atoms with Gasteiger partial charge in [0.15, 0.2) is 0 Å². The monoisotopic (exact) mass is 481 g/mol. The van der Waals surface area contributed by atoms with E-state index < -0.39 is 0 Å². The Balaban J connectivity index is 1.24. The number of hydrogen-bond donors (Lipinski definition) is 0. The van der Waals surface area contributed by atoms with Gasteiger partial charge in [-0.1, -0.05) is 30.3 Å². The average Bonchev–Trinajstić information content (AvgIpc) is 3.34. The summed E-state index contributed by atoms with van der Waals surface area (Å²) in [6, 6.07) is 2.40. The van der Waals surface area contributed by atoms with Gasteiger partial charge in [0.2, 0.25) is 0 Å². The quantitative estimate of drug-likeness (QED) is 0.182. The summed E-state index contributed by atoms with van der Waals surface area (Å²) in [6.07, 6.45) is 15.5. The van der Waals surface area contributed by atoms with Crippen LogP contribution in [0.15, 0.2) is 12.7 Å². The zero-order valence-corrected chi connectivity index (χ0v) is 21.3. The van der Waals surface area contributed by atoms with Gasteiger partial charge >= 0.3 is 5.97 Å². The Morgan fingerprint density at radius 1 is 0.794 bits per heavy atom. The summed E-state index contributed by atoms with van der Waals surface area (Å²) in [5.41, 5.74) is 0. The molecular weight excluding hydrogens is 442 g/mol. The highest BCUT2D eigenvalue weighted by molar-refractivity contribution is 8.01. The molecule has 0 N–H and O–H groups in total. The number of carbonyl (C=O) groups is 1. The summed E-state index contributed by atoms with van der Waals surface area (Å²) in [5, 5.41) is 9.91. The Morgan fingerprint density at radius 3 is 1.94 bits per heavy atom. The summed E-state index contributed by atoms with van der Waals surface area (Å²) in [6.45, 7) is 4.64. The zero-order chi connectivity index (χ0) is 24.0. The van der Waals surface area contributed by atoms with Crippen LogP contribution >= 0.6 is 11.8 Å². The van der Waals surface area contributed by atoms with Crippen LogP contribution in [-0.4, -0.2) is 35.8 Å². The highest BCUT2D eigenvalue weighted by atomic mass is 32.2. The number of carbonyl (C=O) groups excluding carboxylic acids is 1. The van der Waals surface area contributed by atoms with E-state index in [9.17, 15) is 4.79 Å². The molecule has 3 rings (SSSR count). The third-order valence-corrected chi connectivity index (χ3v) is 8.42. The van der Waals surface area contributed by atoms with E-state index in [0.29, 0.717) is 35.0 Å². The van der Waals surface area contributed by atoms with Crippen LogP contribution in [0.2, 0.25) is 0 Å². The van der Waals surface area contributed by atoms with Crippen LogP contribution in [0.5, 0.6) is 0 Å². The van der Waals surface area contributed by atoms with Crippen molar-refractivity contribution in [2.45, 2.75) is 100 Å². The molecule has 184 valence electrons. The van der Waals surface area contributed by atoms with Crippen molar-refractivity contribution in [3.05, 3.63) is 12.7 Å². The maximum Gasteiger partial charge on any atom is 0.330 e. The van der Waals surface area contributed by atoms with Crippen molar-refractivity contribution in [3.63, 3.8) is 0 Å². The second kappa shape index (κ2) is 15.2. The highest BCUT2D eigenvalue weighted by Crippen LogP contribution is 2.34. The molecule has 1 aliphatic heterocycles. The van der Waals surface area contributed by atoms with Crippen molar-refractivity contribution in [1.29, 1.82) is 5.26 Å². The van der Waals surface area contributed by atoms with Crippen molar-refractivity contribution in [2.24, 2.45) is 17.8 Å². The fourth-order valence-corrected chi connectivity index (χ4v) is 6.09. The molecule has 3 fully saturated rings. The molecule has 3 aliphatic rings. The predicted octanol–water partition coefficient (Wildman–Crippen LogP) is 6.06. The minimum atomic E-state index is -0.345. The lowest BCUT2D eigenvalue weighted by atomic mass is 9.83. The lowest BCUT2D eigenvalue weighted by molar-refractivity contribution is -0.137. The second-order valence-corrected chi connectivity index (χ2v) is 11.1. The van der Waals surface area contributed by atoms with Crippen molar-refractivity contribution < 1.29 is 14.3 Å². The molecule has 1 saturated heterocycles. The number of ether oxygens (including phenoxy) is 2. The summed E-state index contributed by atoms with van der Waals surface area (Å²) < 4.78 is 11.0. The lowest BCUT2D eigenvalue weighted by Gasteiger charge is -2.26. The van der Waals surface area contributed by atoms with Gasteiger partial charge in [-0.2, -0.15) is 5.26 Å². The third kappa shape index (κ3) is 9.78. The van der Waals surface area contributed by atoms with E-state index in [1.165, 1.54) is 6.08 Å². The van der Waals surface area contributed by atoms with Crippen LogP contribution in [0.25, 0.3) is 0 Å². The van der Waals surface area contributed by atoms with Crippen LogP contribution in [0, 0.1) is 52.8 Å². The fourth-order valence-electron chi connectivity index (χ4n) is 4.87. The molecule has 2 aliphatic carbocycles. The molecule has 0 aromatic rings. The first-order chi connectivity index (χ1) is 16.7. The minimum Gasteiger partial charge on any atom is -0.463 e. The maximum absolute atomic E-state index is 11.0. The molecule has 0 aromatic heterocycles.